The van der Waals surface area contributed by atoms with Gasteiger partial charge >= 0.3 is 0 Å². The van der Waals surface area contributed by atoms with Crippen LogP contribution >= 0.6 is 0 Å². The average molecular weight is 250 g/mol. The molecule has 0 saturated carbocycles. The van der Waals surface area contributed by atoms with Gasteiger partial charge in [0.2, 0.25) is 0 Å². The van der Waals surface area contributed by atoms with Crippen molar-refractivity contribution in [3.8, 4) is 5.75 Å². The van der Waals surface area contributed by atoms with Crippen molar-refractivity contribution in [2.24, 2.45) is 0 Å². The molecule has 0 heterocycles. The van der Waals surface area contributed by atoms with E-state index in [0.717, 1.165) is 31.9 Å². The Morgan fingerprint density at radius 2 is 1.89 bits per heavy atom. The number of hydrogen-bond donors (Lipinski definition) is 2. The third kappa shape index (κ3) is 4.67. The van der Waals surface area contributed by atoms with Gasteiger partial charge in [-0.2, -0.15) is 0 Å². The molecule has 0 aliphatic heterocycles. The molecule has 0 aliphatic carbocycles. The van der Waals surface area contributed by atoms with Crippen LogP contribution in [-0.4, -0.2) is 26.7 Å². The van der Waals surface area contributed by atoms with Gasteiger partial charge in [-0.05, 0) is 24.1 Å². The number of hydrogen-bond acceptors (Lipinski definition) is 3. The van der Waals surface area contributed by atoms with Crippen LogP contribution in [0.2, 0.25) is 0 Å². The van der Waals surface area contributed by atoms with Gasteiger partial charge in [-0.1, -0.05) is 32.9 Å². The van der Waals surface area contributed by atoms with Crippen molar-refractivity contribution in [2.45, 2.75) is 33.2 Å². The van der Waals surface area contributed by atoms with E-state index in [1.54, 1.807) is 7.11 Å². The molecule has 2 N–H and O–H groups in total. The number of methoxy groups -OCH3 is 1. The molecule has 3 heteroatoms. The van der Waals surface area contributed by atoms with Crippen LogP contribution in [0.5, 0.6) is 5.75 Å². The molecule has 0 saturated heterocycles. The molecule has 0 aliphatic rings. The first kappa shape index (κ1) is 15.0. The quantitative estimate of drug-likeness (QED) is 0.696. The first-order valence-electron chi connectivity index (χ1n) is 6.77. The van der Waals surface area contributed by atoms with Gasteiger partial charge in [0.15, 0.2) is 0 Å². The van der Waals surface area contributed by atoms with E-state index in [0.29, 0.717) is 5.92 Å². The molecular formula is C15H26N2O. The Kier molecular flexibility index (Phi) is 6.76. The summed E-state index contributed by atoms with van der Waals surface area (Å²) in [4.78, 5) is 0. The van der Waals surface area contributed by atoms with Gasteiger partial charge in [0.05, 0.1) is 7.11 Å². The number of likely N-dealkylation sites (N-methyl/N-ethyl adjacent to an activating group) is 1. The van der Waals surface area contributed by atoms with Gasteiger partial charge in [-0.3, -0.25) is 0 Å². The molecule has 3 nitrogen and oxygen atoms in total. The first-order valence-corrected chi connectivity index (χ1v) is 6.77. The second kappa shape index (κ2) is 8.11. The summed E-state index contributed by atoms with van der Waals surface area (Å²) in [6.07, 6.45) is 0. The number of benzene rings is 1. The number of ether oxygens (including phenoxy) is 1. The van der Waals surface area contributed by atoms with E-state index in [1.807, 2.05) is 0 Å². The lowest BCUT2D eigenvalue weighted by Gasteiger charge is -2.13. The van der Waals surface area contributed by atoms with Crippen molar-refractivity contribution >= 4 is 0 Å². The molecule has 1 aromatic carbocycles. The van der Waals surface area contributed by atoms with Crippen molar-refractivity contribution in [2.75, 3.05) is 26.7 Å². The van der Waals surface area contributed by atoms with E-state index in [2.05, 4.69) is 49.6 Å². The fourth-order valence-electron chi connectivity index (χ4n) is 1.84. The van der Waals surface area contributed by atoms with Crippen LogP contribution in [0, 0.1) is 0 Å². The molecule has 0 amide bonds. The van der Waals surface area contributed by atoms with E-state index >= 15 is 0 Å². The van der Waals surface area contributed by atoms with E-state index < -0.39 is 0 Å². The van der Waals surface area contributed by atoms with Gasteiger partial charge in [-0.25, -0.2) is 0 Å². The van der Waals surface area contributed by atoms with E-state index in [4.69, 9.17) is 4.74 Å². The Hall–Kier alpha value is -1.06. The van der Waals surface area contributed by atoms with Crippen molar-refractivity contribution < 1.29 is 4.74 Å². The Balaban J connectivity index is 2.54. The molecular weight excluding hydrogens is 224 g/mol. The smallest absolute Gasteiger partial charge is 0.123 e. The third-order valence-electron chi connectivity index (χ3n) is 3.02. The zero-order valence-corrected chi connectivity index (χ0v) is 12.0. The Labute approximate surface area is 111 Å². The van der Waals surface area contributed by atoms with Gasteiger partial charge in [0, 0.05) is 25.2 Å². The molecule has 0 unspecified atom stereocenters. The SMILES string of the molecule is CCNCCNCc1ccc(C(C)C)cc1OC. The number of rotatable bonds is 8. The summed E-state index contributed by atoms with van der Waals surface area (Å²) in [5, 5.41) is 6.71. The summed E-state index contributed by atoms with van der Waals surface area (Å²) in [5.41, 5.74) is 2.54. The highest BCUT2D eigenvalue weighted by molar-refractivity contribution is 5.38. The predicted molar refractivity (Wildman–Crippen MR) is 77.3 cm³/mol. The number of nitrogens with one attached hydrogen (secondary N) is 2. The van der Waals surface area contributed by atoms with E-state index in [-0.39, 0.29) is 0 Å². The van der Waals surface area contributed by atoms with Crippen LogP contribution in [0.15, 0.2) is 18.2 Å². The summed E-state index contributed by atoms with van der Waals surface area (Å²) in [6.45, 7) is 10.4. The minimum atomic E-state index is 0.537. The van der Waals surface area contributed by atoms with Crippen molar-refractivity contribution in [1.29, 1.82) is 0 Å². The van der Waals surface area contributed by atoms with Gasteiger partial charge in [0.25, 0.3) is 0 Å². The fraction of sp³-hybridized carbons (Fsp3) is 0.600. The molecule has 18 heavy (non-hydrogen) atoms. The van der Waals surface area contributed by atoms with Crippen molar-refractivity contribution in [3.63, 3.8) is 0 Å². The van der Waals surface area contributed by atoms with Crippen LogP contribution in [0.25, 0.3) is 0 Å². The Morgan fingerprint density at radius 3 is 2.50 bits per heavy atom. The summed E-state index contributed by atoms with van der Waals surface area (Å²) >= 11 is 0. The molecule has 0 aromatic heterocycles. The molecule has 0 bridgehead atoms. The maximum Gasteiger partial charge on any atom is 0.123 e. The molecule has 102 valence electrons. The van der Waals surface area contributed by atoms with Crippen LogP contribution in [0.3, 0.4) is 0 Å². The first-order chi connectivity index (χ1) is 8.69. The van der Waals surface area contributed by atoms with Gasteiger partial charge in [-0.15, -0.1) is 0 Å². The van der Waals surface area contributed by atoms with Crippen LogP contribution in [-0.2, 0) is 6.54 Å². The summed E-state index contributed by atoms with van der Waals surface area (Å²) in [7, 11) is 1.74. The van der Waals surface area contributed by atoms with Crippen molar-refractivity contribution in [1.82, 2.24) is 10.6 Å². The minimum Gasteiger partial charge on any atom is -0.496 e. The highest BCUT2D eigenvalue weighted by Crippen LogP contribution is 2.24. The lowest BCUT2D eigenvalue weighted by Crippen LogP contribution is -2.26. The predicted octanol–water partition coefficient (Wildman–Crippen LogP) is 2.52. The average Bonchev–Trinajstić information content (AvgIpc) is 2.38. The standard InChI is InChI=1S/C15H26N2O/c1-5-16-8-9-17-11-14-7-6-13(12(2)3)10-15(14)18-4/h6-7,10,12,16-17H,5,8-9,11H2,1-4H3. The zero-order valence-electron chi connectivity index (χ0n) is 12.0. The second-order valence-electron chi connectivity index (χ2n) is 4.76. The fourth-order valence-corrected chi connectivity index (χ4v) is 1.84. The van der Waals surface area contributed by atoms with Crippen LogP contribution in [0.4, 0.5) is 0 Å². The van der Waals surface area contributed by atoms with Crippen molar-refractivity contribution in [3.05, 3.63) is 29.3 Å². The molecule has 1 rings (SSSR count). The van der Waals surface area contributed by atoms with Gasteiger partial charge < -0.3 is 15.4 Å². The maximum atomic E-state index is 5.46. The topological polar surface area (TPSA) is 33.3 Å². The molecule has 0 radical (unpaired) electrons. The minimum absolute atomic E-state index is 0.537. The highest BCUT2D eigenvalue weighted by Gasteiger charge is 2.06. The van der Waals surface area contributed by atoms with E-state index in [1.165, 1.54) is 11.1 Å². The normalized spacial score (nSPS) is 10.9. The monoisotopic (exact) mass is 250 g/mol. The van der Waals surface area contributed by atoms with Crippen LogP contribution in [0.1, 0.15) is 37.8 Å². The Bertz CT molecular complexity index is 350. The van der Waals surface area contributed by atoms with E-state index in [9.17, 15) is 0 Å². The summed E-state index contributed by atoms with van der Waals surface area (Å²) in [5.74, 6) is 1.52. The van der Waals surface area contributed by atoms with Crippen LogP contribution < -0.4 is 15.4 Å². The molecule has 0 fully saturated rings. The van der Waals surface area contributed by atoms with Gasteiger partial charge in [0.1, 0.15) is 5.75 Å². The highest BCUT2D eigenvalue weighted by atomic mass is 16.5. The Morgan fingerprint density at radius 1 is 1.17 bits per heavy atom. The summed E-state index contributed by atoms with van der Waals surface area (Å²) in [6, 6.07) is 6.49. The lowest BCUT2D eigenvalue weighted by atomic mass is 10.0. The molecule has 0 atom stereocenters. The zero-order chi connectivity index (χ0) is 13.4. The molecule has 1 aromatic rings. The summed E-state index contributed by atoms with van der Waals surface area (Å²) < 4.78 is 5.46. The largest absolute Gasteiger partial charge is 0.496 e. The third-order valence-corrected chi connectivity index (χ3v) is 3.02. The maximum absolute atomic E-state index is 5.46. The lowest BCUT2D eigenvalue weighted by molar-refractivity contribution is 0.407. The second-order valence-corrected chi connectivity index (χ2v) is 4.76. The molecule has 0 spiro atoms.